The molecule has 3 heterocycles. The molecule has 0 fully saturated rings. The predicted molar refractivity (Wildman–Crippen MR) is 161 cm³/mol. The Balaban J connectivity index is 1.59. The number of esters is 1. The van der Waals surface area contributed by atoms with Gasteiger partial charge in [-0.25, -0.2) is 9.59 Å². The third kappa shape index (κ3) is 5.67. The van der Waals surface area contributed by atoms with Crippen LogP contribution in [-0.2, 0) is 42.5 Å². The van der Waals surface area contributed by atoms with Crippen LogP contribution in [0.3, 0.4) is 0 Å². The molecule has 2 aromatic carbocycles. The van der Waals surface area contributed by atoms with Gasteiger partial charge in [-0.1, -0.05) is 24.3 Å². The lowest BCUT2D eigenvalue weighted by atomic mass is 9.90. The van der Waals surface area contributed by atoms with Gasteiger partial charge in [-0.2, -0.15) is 0 Å². The van der Waals surface area contributed by atoms with E-state index in [0.717, 1.165) is 40.1 Å². The highest BCUT2D eigenvalue weighted by Crippen LogP contribution is 2.35. The van der Waals surface area contributed by atoms with Crippen LogP contribution in [0.2, 0.25) is 0 Å². The molecule has 3 aromatic rings. The summed E-state index contributed by atoms with van der Waals surface area (Å²) in [5.74, 6) is -0.447. The van der Waals surface area contributed by atoms with Gasteiger partial charge in [0.1, 0.15) is 5.60 Å². The van der Waals surface area contributed by atoms with E-state index in [1.54, 1.807) is 11.8 Å². The highest BCUT2D eigenvalue weighted by atomic mass is 16.6. The number of aromatic nitrogens is 1. The smallest absolute Gasteiger partial charge is 0.410 e. The van der Waals surface area contributed by atoms with Crippen LogP contribution in [0.5, 0.6) is 0 Å². The van der Waals surface area contributed by atoms with E-state index < -0.39 is 5.60 Å². The molecule has 0 saturated carbocycles. The van der Waals surface area contributed by atoms with Crippen LogP contribution in [0.4, 0.5) is 4.79 Å². The molecular formula is C34H41N3O5. The van der Waals surface area contributed by atoms with E-state index in [9.17, 15) is 14.4 Å². The summed E-state index contributed by atoms with van der Waals surface area (Å²) in [6, 6.07) is 14.1. The van der Waals surface area contributed by atoms with E-state index in [0.29, 0.717) is 37.2 Å². The Morgan fingerprint density at radius 1 is 0.952 bits per heavy atom. The summed E-state index contributed by atoms with van der Waals surface area (Å²) in [5, 5.41) is 0. The number of carbonyl (C=O) groups is 3. The Hall–Kier alpha value is -4.07. The molecule has 2 aliphatic heterocycles. The van der Waals surface area contributed by atoms with Crippen LogP contribution in [0, 0.1) is 6.92 Å². The first-order chi connectivity index (χ1) is 19.9. The summed E-state index contributed by atoms with van der Waals surface area (Å²) in [5.41, 5.74) is 7.21. The van der Waals surface area contributed by atoms with E-state index in [4.69, 9.17) is 9.47 Å². The third-order valence-electron chi connectivity index (χ3n) is 8.31. The molecule has 5 rings (SSSR count). The second-order valence-electron chi connectivity index (χ2n) is 12.4. The van der Waals surface area contributed by atoms with Crippen molar-refractivity contribution in [2.24, 2.45) is 7.05 Å². The fourth-order valence-electron chi connectivity index (χ4n) is 5.96. The molecule has 0 aliphatic carbocycles. The largest absolute Gasteiger partial charge is 0.462 e. The summed E-state index contributed by atoms with van der Waals surface area (Å²) >= 11 is 0. The lowest BCUT2D eigenvalue weighted by Gasteiger charge is -2.36. The maximum absolute atomic E-state index is 14.5. The molecule has 42 heavy (non-hydrogen) atoms. The average Bonchev–Trinajstić information content (AvgIpc) is 3.24. The number of rotatable bonds is 4. The van der Waals surface area contributed by atoms with Gasteiger partial charge < -0.3 is 23.8 Å². The molecule has 0 spiro atoms. The van der Waals surface area contributed by atoms with Crippen molar-refractivity contribution in [2.45, 2.75) is 79.1 Å². The van der Waals surface area contributed by atoms with Crippen molar-refractivity contribution in [3.05, 3.63) is 81.5 Å². The predicted octanol–water partition coefficient (Wildman–Crippen LogP) is 6.06. The minimum absolute atomic E-state index is 0.0137. The Labute approximate surface area is 248 Å². The molecule has 0 saturated heterocycles. The van der Waals surface area contributed by atoms with Crippen molar-refractivity contribution in [3.8, 4) is 11.3 Å². The second-order valence-corrected chi connectivity index (χ2v) is 12.4. The maximum atomic E-state index is 14.5. The van der Waals surface area contributed by atoms with Crippen LogP contribution in [0.1, 0.15) is 83.3 Å². The molecule has 0 bridgehead atoms. The van der Waals surface area contributed by atoms with Gasteiger partial charge in [-0.3, -0.25) is 4.79 Å². The quantitative estimate of drug-likeness (QED) is 0.356. The van der Waals surface area contributed by atoms with E-state index in [2.05, 4.69) is 25.1 Å². The topological polar surface area (TPSA) is 81.1 Å². The Kier molecular flexibility index (Phi) is 7.92. The summed E-state index contributed by atoms with van der Waals surface area (Å²) < 4.78 is 12.9. The van der Waals surface area contributed by atoms with Gasteiger partial charge in [0, 0.05) is 55.2 Å². The van der Waals surface area contributed by atoms with E-state index >= 15 is 0 Å². The number of ether oxygens (including phenoxy) is 2. The monoisotopic (exact) mass is 571 g/mol. The molecule has 1 atom stereocenters. The van der Waals surface area contributed by atoms with E-state index in [1.807, 2.05) is 68.5 Å². The third-order valence-corrected chi connectivity index (χ3v) is 8.31. The number of amides is 2. The molecule has 1 aromatic heterocycles. The van der Waals surface area contributed by atoms with Gasteiger partial charge in [0.25, 0.3) is 5.91 Å². The fraction of sp³-hybridized carbons (Fsp3) is 0.441. The lowest BCUT2D eigenvalue weighted by molar-refractivity contribution is 0.0223. The maximum Gasteiger partial charge on any atom is 0.410 e. The SMILES string of the molecule is CCOC(=O)c1cc(-c2cc3c(cc2C(=O)N2Cc4ccccc4C[C@H]2C)CN(C(=O)OC(C)(C)C)CC3)n(C)c1C. The first-order valence-corrected chi connectivity index (χ1v) is 14.7. The fourth-order valence-corrected chi connectivity index (χ4v) is 5.96. The van der Waals surface area contributed by atoms with E-state index in [-0.39, 0.29) is 30.6 Å². The minimum atomic E-state index is -0.593. The summed E-state index contributed by atoms with van der Waals surface area (Å²) in [7, 11) is 1.91. The molecule has 2 aliphatic rings. The van der Waals surface area contributed by atoms with Crippen molar-refractivity contribution in [1.82, 2.24) is 14.4 Å². The van der Waals surface area contributed by atoms with Crippen LogP contribution in [-0.4, -0.2) is 57.1 Å². The van der Waals surface area contributed by atoms with Crippen LogP contribution >= 0.6 is 0 Å². The minimum Gasteiger partial charge on any atom is -0.462 e. The van der Waals surface area contributed by atoms with E-state index in [1.165, 1.54) is 5.56 Å². The molecule has 0 radical (unpaired) electrons. The summed E-state index contributed by atoms with van der Waals surface area (Å²) in [6.07, 6.45) is 1.06. The molecule has 0 N–H and O–H groups in total. The number of benzene rings is 2. The highest BCUT2D eigenvalue weighted by Gasteiger charge is 2.33. The number of nitrogens with zero attached hydrogens (tertiary/aromatic N) is 3. The van der Waals surface area contributed by atoms with Crippen LogP contribution < -0.4 is 0 Å². The van der Waals surface area contributed by atoms with Crippen LogP contribution in [0.15, 0.2) is 42.5 Å². The number of carbonyl (C=O) groups excluding carboxylic acids is 3. The van der Waals surface area contributed by atoms with Crippen molar-refractivity contribution < 1.29 is 23.9 Å². The number of hydrogen-bond donors (Lipinski definition) is 0. The standard InChI is InChI=1S/C34H41N3O5/c1-8-41-32(39)27-18-30(35(7)22(27)3)28-16-24-13-14-36(33(40)42-34(4,5)6)19-26(24)17-29(28)31(38)37-20-25-12-10-9-11-23(25)15-21(37)2/h9-12,16-18,21H,8,13-15,19-20H2,1-7H3/t21-/m1/s1. The first kappa shape index (κ1) is 29.4. The molecular weight excluding hydrogens is 530 g/mol. The summed E-state index contributed by atoms with van der Waals surface area (Å²) in [6.45, 7) is 13.0. The zero-order valence-corrected chi connectivity index (χ0v) is 25.7. The lowest BCUT2D eigenvalue weighted by Crippen LogP contribution is -2.43. The summed E-state index contributed by atoms with van der Waals surface area (Å²) in [4.78, 5) is 43.8. The van der Waals surface area contributed by atoms with Gasteiger partial charge in [-0.05, 0) is 94.8 Å². The van der Waals surface area contributed by atoms with Gasteiger partial charge in [-0.15, -0.1) is 0 Å². The highest BCUT2D eigenvalue weighted by molar-refractivity contribution is 6.02. The second kappa shape index (κ2) is 11.3. The molecule has 8 nitrogen and oxygen atoms in total. The van der Waals surface area contributed by atoms with Gasteiger partial charge >= 0.3 is 12.1 Å². The first-order valence-electron chi connectivity index (χ1n) is 14.7. The van der Waals surface area contributed by atoms with Crippen molar-refractivity contribution in [1.29, 1.82) is 0 Å². The molecule has 8 heteroatoms. The zero-order valence-electron chi connectivity index (χ0n) is 25.7. The average molecular weight is 572 g/mol. The van der Waals surface area contributed by atoms with Gasteiger partial charge in [0.2, 0.25) is 0 Å². The zero-order chi connectivity index (χ0) is 30.3. The van der Waals surface area contributed by atoms with Gasteiger partial charge in [0.05, 0.1) is 12.2 Å². The van der Waals surface area contributed by atoms with Crippen molar-refractivity contribution in [3.63, 3.8) is 0 Å². The Morgan fingerprint density at radius 2 is 1.67 bits per heavy atom. The number of fused-ring (bicyclic) bond motifs is 2. The normalized spacial score (nSPS) is 16.5. The van der Waals surface area contributed by atoms with Crippen molar-refractivity contribution >= 4 is 18.0 Å². The Morgan fingerprint density at radius 3 is 2.36 bits per heavy atom. The molecule has 2 amide bonds. The van der Waals surface area contributed by atoms with Crippen molar-refractivity contribution in [2.75, 3.05) is 13.2 Å². The van der Waals surface area contributed by atoms with Gasteiger partial charge in [0.15, 0.2) is 0 Å². The molecule has 222 valence electrons. The van der Waals surface area contributed by atoms with Crippen LogP contribution in [0.25, 0.3) is 11.3 Å². The number of hydrogen-bond acceptors (Lipinski definition) is 5. The molecule has 0 unspecified atom stereocenters. The Bertz CT molecular complexity index is 1550.